The first-order chi connectivity index (χ1) is 16.6. The minimum absolute atomic E-state index is 0.00194. The lowest BCUT2D eigenvalue weighted by molar-refractivity contribution is -0.118. The van der Waals surface area contributed by atoms with Crippen molar-refractivity contribution in [1.82, 2.24) is 0 Å². The molecule has 3 aromatic carbocycles. The minimum Gasteiger partial charge on any atom is -0.486 e. The third kappa shape index (κ3) is 5.34. The number of carbonyl (C=O) groups is 3. The van der Waals surface area contributed by atoms with Crippen LogP contribution in [0, 0.1) is 6.92 Å². The third-order valence-electron chi connectivity index (χ3n) is 5.60. The predicted octanol–water partition coefficient (Wildman–Crippen LogP) is 6.29. The summed E-state index contributed by atoms with van der Waals surface area (Å²) in [5.41, 5.74) is 1.30. The van der Waals surface area contributed by atoms with Crippen LogP contribution in [0.4, 0.5) is 5.69 Å². The molecule has 0 atom stereocenters. The Morgan fingerprint density at radius 3 is 2.54 bits per heavy atom. The van der Waals surface area contributed by atoms with E-state index in [0.717, 1.165) is 0 Å². The largest absolute Gasteiger partial charge is 0.486 e. The van der Waals surface area contributed by atoms with Crippen LogP contribution in [-0.2, 0) is 4.79 Å². The van der Waals surface area contributed by atoms with Gasteiger partial charge in [-0.25, -0.2) is 0 Å². The van der Waals surface area contributed by atoms with Gasteiger partial charge < -0.3 is 14.8 Å². The average Bonchev–Trinajstić information content (AvgIpc) is 2.79. The molecule has 0 saturated heterocycles. The van der Waals surface area contributed by atoms with Crippen LogP contribution in [0.5, 0.6) is 11.5 Å². The van der Waals surface area contributed by atoms with Crippen molar-refractivity contribution in [2.24, 2.45) is 0 Å². The quantitative estimate of drug-likeness (QED) is 0.393. The Kier molecular flexibility index (Phi) is 6.88. The molecule has 0 unspecified atom stereocenters. The SMILES string of the molecule is Cc1c(OCC(=O)Nc2ccc(Cl)cc2C(=O)c2ccccc2Cl)ccc2c1OC(C)(C)CC2=O. The second-order valence-electron chi connectivity index (χ2n) is 8.86. The Bertz CT molecular complexity index is 1350. The monoisotopic (exact) mass is 511 g/mol. The lowest BCUT2D eigenvalue weighted by Crippen LogP contribution is -2.36. The number of benzene rings is 3. The van der Waals surface area contributed by atoms with Crippen molar-refractivity contribution in [2.45, 2.75) is 32.8 Å². The molecule has 4 rings (SSSR count). The van der Waals surface area contributed by atoms with Gasteiger partial charge in [-0.1, -0.05) is 35.3 Å². The number of rotatable bonds is 6. The van der Waals surface area contributed by atoms with Crippen LogP contribution in [0.15, 0.2) is 54.6 Å². The van der Waals surface area contributed by atoms with Gasteiger partial charge in [0.15, 0.2) is 18.2 Å². The smallest absolute Gasteiger partial charge is 0.262 e. The van der Waals surface area contributed by atoms with Crippen LogP contribution in [-0.4, -0.2) is 29.7 Å². The van der Waals surface area contributed by atoms with Gasteiger partial charge in [-0.2, -0.15) is 0 Å². The number of hydrogen-bond donors (Lipinski definition) is 1. The molecule has 1 aliphatic rings. The number of anilines is 1. The summed E-state index contributed by atoms with van der Waals surface area (Å²) < 4.78 is 11.7. The van der Waals surface area contributed by atoms with E-state index >= 15 is 0 Å². The van der Waals surface area contributed by atoms with E-state index in [1.807, 2.05) is 13.8 Å². The number of ketones is 2. The van der Waals surface area contributed by atoms with Gasteiger partial charge in [-0.3, -0.25) is 14.4 Å². The Hall–Kier alpha value is -3.35. The second-order valence-corrected chi connectivity index (χ2v) is 9.71. The molecule has 0 bridgehead atoms. The summed E-state index contributed by atoms with van der Waals surface area (Å²) in [6.07, 6.45) is 0.290. The van der Waals surface area contributed by atoms with E-state index in [0.29, 0.717) is 44.7 Å². The first-order valence-electron chi connectivity index (χ1n) is 10.9. The highest BCUT2D eigenvalue weighted by Gasteiger charge is 2.34. The summed E-state index contributed by atoms with van der Waals surface area (Å²) in [6.45, 7) is 5.16. The molecule has 3 aromatic rings. The fraction of sp³-hybridized carbons (Fsp3) is 0.222. The van der Waals surface area contributed by atoms with Crippen molar-refractivity contribution < 1.29 is 23.9 Å². The summed E-state index contributed by atoms with van der Waals surface area (Å²) in [4.78, 5) is 38.2. The van der Waals surface area contributed by atoms with Crippen molar-refractivity contribution >= 4 is 46.4 Å². The maximum Gasteiger partial charge on any atom is 0.262 e. The Morgan fingerprint density at radius 1 is 1.06 bits per heavy atom. The number of carbonyl (C=O) groups excluding carboxylic acids is 3. The topological polar surface area (TPSA) is 81.7 Å². The van der Waals surface area contributed by atoms with Gasteiger partial charge in [-0.15, -0.1) is 0 Å². The number of fused-ring (bicyclic) bond motifs is 1. The van der Waals surface area contributed by atoms with E-state index in [1.165, 1.54) is 6.07 Å². The molecule has 8 heteroatoms. The van der Waals surface area contributed by atoms with Crippen molar-refractivity contribution in [1.29, 1.82) is 0 Å². The average molecular weight is 512 g/mol. The summed E-state index contributed by atoms with van der Waals surface area (Å²) in [5.74, 6) is 0.0451. The van der Waals surface area contributed by atoms with Crippen LogP contribution in [0.2, 0.25) is 10.0 Å². The van der Waals surface area contributed by atoms with Gasteiger partial charge in [0, 0.05) is 21.7 Å². The molecule has 6 nitrogen and oxygen atoms in total. The molecule has 1 aliphatic heterocycles. The molecule has 180 valence electrons. The summed E-state index contributed by atoms with van der Waals surface area (Å²) in [7, 11) is 0. The molecular formula is C27H23Cl2NO5. The van der Waals surface area contributed by atoms with E-state index in [1.54, 1.807) is 55.5 Å². The lowest BCUT2D eigenvalue weighted by Gasteiger charge is -2.33. The summed E-state index contributed by atoms with van der Waals surface area (Å²) in [6, 6.07) is 14.5. The zero-order valence-electron chi connectivity index (χ0n) is 19.4. The van der Waals surface area contributed by atoms with E-state index in [2.05, 4.69) is 5.32 Å². The molecule has 0 saturated carbocycles. The van der Waals surface area contributed by atoms with Crippen molar-refractivity contribution in [3.8, 4) is 11.5 Å². The minimum atomic E-state index is -0.621. The molecule has 1 N–H and O–H groups in total. The van der Waals surface area contributed by atoms with Gasteiger partial charge in [0.1, 0.15) is 17.1 Å². The Balaban J connectivity index is 1.51. The fourth-order valence-electron chi connectivity index (χ4n) is 3.91. The van der Waals surface area contributed by atoms with Crippen LogP contribution >= 0.6 is 23.2 Å². The maximum absolute atomic E-state index is 13.1. The van der Waals surface area contributed by atoms with Crippen molar-refractivity contribution in [2.75, 3.05) is 11.9 Å². The molecule has 0 fully saturated rings. The molecule has 0 radical (unpaired) electrons. The zero-order chi connectivity index (χ0) is 25.3. The number of nitrogens with one attached hydrogen (secondary N) is 1. The van der Waals surface area contributed by atoms with Gasteiger partial charge in [0.25, 0.3) is 5.91 Å². The second kappa shape index (κ2) is 9.72. The van der Waals surface area contributed by atoms with Crippen LogP contribution in [0.25, 0.3) is 0 Å². The van der Waals surface area contributed by atoms with E-state index in [4.69, 9.17) is 32.7 Å². The molecular weight excluding hydrogens is 489 g/mol. The van der Waals surface area contributed by atoms with Gasteiger partial charge >= 0.3 is 0 Å². The number of ether oxygens (including phenoxy) is 2. The molecule has 1 heterocycles. The molecule has 0 spiro atoms. The standard InChI is InChI=1S/C27H23Cl2NO5/c1-15-23(11-9-18-22(31)13-27(2,3)35-26(15)18)34-14-24(32)30-21-10-8-16(28)12-19(21)25(33)17-6-4-5-7-20(17)29/h4-12H,13-14H2,1-3H3,(H,30,32). The first-order valence-corrected chi connectivity index (χ1v) is 11.7. The van der Waals surface area contributed by atoms with Gasteiger partial charge in [0.2, 0.25) is 0 Å². The highest BCUT2D eigenvalue weighted by molar-refractivity contribution is 6.36. The maximum atomic E-state index is 13.1. The fourth-order valence-corrected chi connectivity index (χ4v) is 4.30. The van der Waals surface area contributed by atoms with Gasteiger partial charge in [0.05, 0.1) is 22.7 Å². The van der Waals surface area contributed by atoms with Crippen LogP contribution in [0.3, 0.4) is 0 Å². The van der Waals surface area contributed by atoms with E-state index in [9.17, 15) is 14.4 Å². The van der Waals surface area contributed by atoms with Crippen LogP contribution < -0.4 is 14.8 Å². The third-order valence-corrected chi connectivity index (χ3v) is 6.16. The predicted molar refractivity (Wildman–Crippen MR) is 135 cm³/mol. The van der Waals surface area contributed by atoms with Crippen molar-refractivity contribution in [3.63, 3.8) is 0 Å². The Labute approximate surface area is 213 Å². The normalized spacial score (nSPS) is 14.0. The highest BCUT2D eigenvalue weighted by Crippen LogP contribution is 2.39. The first kappa shape index (κ1) is 24.8. The van der Waals surface area contributed by atoms with Crippen molar-refractivity contribution in [3.05, 3.63) is 86.9 Å². The van der Waals surface area contributed by atoms with E-state index < -0.39 is 11.5 Å². The van der Waals surface area contributed by atoms with E-state index in [-0.39, 0.29) is 29.4 Å². The molecule has 0 aromatic heterocycles. The molecule has 0 aliphatic carbocycles. The summed E-state index contributed by atoms with van der Waals surface area (Å²) in [5, 5.41) is 3.35. The number of halogens is 2. The lowest BCUT2D eigenvalue weighted by atomic mass is 9.91. The Morgan fingerprint density at radius 2 is 1.80 bits per heavy atom. The van der Waals surface area contributed by atoms with Crippen LogP contribution in [0.1, 0.15) is 52.1 Å². The zero-order valence-corrected chi connectivity index (χ0v) is 20.9. The number of hydrogen-bond acceptors (Lipinski definition) is 5. The summed E-state index contributed by atoms with van der Waals surface area (Å²) >= 11 is 12.3. The number of Topliss-reactive ketones (excluding diaryl/α,β-unsaturated/α-hetero) is 1. The van der Waals surface area contributed by atoms with Gasteiger partial charge in [-0.05, 0) is 63.2 Å². The highest BCUT2D eigenvalue weighted by atomic mass is 35.5. The number of amides is 1. The molecule has 35 heavy (non-hydrogen) atoms. The molecule has 1 amide bonds.